The number of nitrogens with zero attached hydrogens (tertiary/aromatic N) is 4. The monoisotopic (exact) mass is 286 g/mol. The summed E-state index contributed by atoms with van der Waals surface area (Å²) in [6, 6.07) is 1.52. The number of hydrogen-bond acceptors (Lipinski definition) is 5. The number of aryl methyl sites for hydroxylation is 1. The average Bonchev–Trinajstić information content (AvgIpc) is 2.70. The largest absolute Gasteiger partial charge is 0.464 e. The van der Waals surface area contributed by atoms with Crippen molar-refractivity contribution in [1.82, 2.24) is 20.0 Å². The van der Waals surface area contributed by atoms with Crippen molar-refractivity contribution < 1.29 is 9.53 Å². The fraction of sp³-hybridized carbons (Fsp3) is 0.200. The molecule has 0 amide bonds. The third kappa shape index (κ3) is 2.30. The van der Waals surface area contributed by atoms with E-state index in [4.69, 9.17) is 23.2 Å². The number of halogens is 2. The molecule has 0 atom stereocenters. The maximum atomic E-state index is 11.4. The van der Waals surface area contributed by atoms with Gasteiger partial charge in [-0.2, -0.15) is 5.10 Å². The summed E-state index contributed by atoms with van der Waals surface area (Å²) < 4.78 is 4.59. The summed E-state index contributed by atoms with van der Waals surface area (Å²) in [4.78, 5) is 16.6. The topological polar surface area (TPSA) is 69.9 Å². The maximum absolute atomic E-state index is 11.4. The van der Waals surface area contributed by atoms with Gasteiger partial charge in [-0.05, 0) is 13.0 Å². The van der Waals surface area contributed by atoms with Gasteiger partial charge in [-0.25, -0.2) is 9.78 Å². The summed E-state index contributed by atoms with van der Waals surface area (Å²) in [5.41, 5.74) is 0.542. The Morgan fingerprint density at radius 1 is 1.39 bits per heavy atom. The Morgan fingerprint density at radius 2 is 2.11 bits per heavy atom. The number of carbonyl (C=O) groups is 1. The van der Waals surface area contributed by atoms with Gasteiger partial charge in [0.2, 0.25) is 0 Å². The number of ether oxygens (including phenoxy) is 1. The van der Waals surface area contributed by atoms with E-state index in [0.29, 0.717) is 16.5 Å². The molecular formula is C10H8Cl2N4O2. The van der Waals surface area contributed by atoms with Crippen molar-refractivity contribution in [2.24, 2.45) is 0 Å². The van der Waals surface area contributed by atoms with Crippen molar-refractivity contribution in [3.05, 3.63) is 33.7 Å². The van der Waals surface area contributed by atoms with Gasteiger partial charge in [0.05, 0.1) is 22.8 Å². The number of carbonyl (C=O) groups excluding carboxylic acids is 1. The van der Waals surface area contributed by atoms with Gasteiger partial charge in [0.1, 0.15) is 0 Å². The molecule has 0 fully saturated rings. The van der Waals surface area contributed by atoms with Crippen molar-refractivity contribution in [2.75, 3.05) is 7.11 Å². The van der Waals surface area contributed by atoms with Crippen LogP contribution in [0.1, 0.15) is 16.2 Å². The summed E-state index contributed by atoms with van der Waals surface area (Å²) in [6.07, 6.45) is 1.42. The van der Waals surface area contributed by atoms with Crippen LogP contribution in [0.4, 0.5) is 0 Å². The molecule has 0 radical (unpaired) electrons. The molecule has 0 spiro atoms. The Kier molecular flexibility index (Phi) is 3.49. The number of pyridine rings is 1. The molecule has 94 valence electrons. The van der Waals surface area contributed by atoms with Gasteiger partial charge < -0.3 is 4.74 Å². The lowest BCUT2D eigenvalue weighted by Crippen LogP contribution is -2.06. The summed E-state index contributed by atoms with van der Waals surface area (Å²) >= 11 is 11.7. The van der Waals surface area contributed by atoms with Gasteiger partial charge in [-0.15, -0.1) is 9.90 Å². The van der Waals surface area contributed by atoms with Crippen LogP contribution < -0.4 is 0 Å². The Bertz CT molecular complexity index is 612. The molecule has 2 aromatic heterocycles. The molecule has 2 rings (SSSR count). The molecule has 0 bridgehead atoms. The average molecular weight is 287 g/mol. The van der Waals surface area contributed by atoms with Crippen LogP contribution in [0.15, 0.2) is 12.3 Å². The summed E-state index contributed by atoms with van der Waals surface area (Å²) in [5.74, 6) is -0.275. The molecule has 0 saturated heterocycles. The molecule has 0 aliphatic heterocycles. The van der Waals surface area contributed by atoms with E-state index in [-0.39, 0.29) is 10.7 Å². The molecule has 0 N–H and O–H groups in total. The molecule has 0 aliphatic carbocycles. The Labute approximate surface area is 112 Å². The Hall–Kier alpha value is -1.66. The van der Waals surface area contributed by atoms with Crippen LogP contribution >= 0.6 is 23.2 Å². The van der Waals surface area contributed by atoms with Crippen molar-refractivity contribution in [1.29, 1.82) is 0 Å². The molecule has 18 heavy (non-hydrogen) atoms. The molecule has 0 unspecified atom stereocenters. The van der Waals surface area contributed by atoms with E-state index in [1.54, 1.807) is 6.92 Å². The second kappa shape index (κ2) is 4.91. The Morgan fingerprint density at radius 3 is 2.72 bits per heavy atom. The Balaban J connectivity index is 2.49. The van der Waals surface area contributed by atoms with E-state index in [1.165, 1.54) is 24.2 Å². The van der Waals surface area contributed by atoms with Gasteiger partial charge in [0, 0.05) is 6.20 Å². The quantitative estimate of drug-likeness (QED) is 0.791. The first kappa shape index (κ1) is 12.8. The van der Waals surface area contributed by atoms with Crippen LogP contribution in [0.5, 0.6) is 0 Å². The third-order valence-corrected chi connectivity index (χ3v) is 2.62. The first-order chi connectivity index (χ1) is 8.52. The lowest BCUT2D eigenvalue weighted by molar-refractivity contribution is 0.0592. The van der Waals surface area contributed by atoms with Gasteiger partial charge in [-0.1, -0.05) is 23.2 Å². The van der Waals surface area contributed by atoms with Crippen LogP contribution in [0.2, 0.25) is 10.0 Å². The van der Waals surface area contributed by atoms with E-state index in [1.807, 2.05) is 0 Å². The molecule has 2 aromatic rings. The second-order valence-electron chi connectivity index (χ2n) is 3.37. The highest BCUT2D eigenvalue weighted by Crippen LogP contribution is 2.21. The zero-order valence-corrected chi connectivity index (χ0v) is 11.0. The third-order valence-electron chi connectivity index (χ3n) is 2.14. The summed E-state index contributed by atoms with van der Waals surface area (Å²) in [6.45, 7) is 1.64. The van der Waals surface area contributed by atoms with Gasteiger partial charge >= 0.3 is 5.97 Å². The molecule has 0 saturated carbocycles. The minimum atomic E-state index is -0.566. The highest BCUT2D eigenvalue weighted by atomic mass is 35.5. The summed E-state index contributed by atoms with van der Waals surface area (Å²) in [7, 11) is 1.27. The van der Waals surface area contributed by atoms with Crippen LogP contribution in [-0.2, 0) is 4.74 Å². The van der Waals surface area contributed by atoms with Crippen molar-refractivity contribution in [2.45, 2.75) is 6.92 Å². The maximum Gasteiger partial charge on any atom is 0.360 e. The number of methoxy groups -OCH3 is 1. The smallest absolute Gasteiger partial charge is 0.360 e. The minimum Gasteiger partial charge on any atom is -0.464 e. The minimum absolute atomic E-state index is 0.116. The molecule has 6 nitrogen and oxygen atoms in total. The van der Waals surface area contributed by atoms with Crippen molar-refractivity contribution in [3.8, 4) is 5.82 Å². The number of hydrogen-bond donors (Lipinski definition) is 0. The van der Waals surface area contributed by atoms with Gasteiger partial charge in [0.25, 0.3) is 0 Å². The highest BCUT2D eigenvalue weighted by molar-refractivity contribution is 6.35. The molecule has 0 aliphatic rings. The van der Waals surface area contributed by atoms with Crippen LogP contribution in [0.3, 0.4) is 0 Å². The van der Waals surface area contributed by atoms with Crippen LogP contribution in [0.25, 0.3) is 5.82 Å². The molecule has 0 aromatic carbocycles. The SMILES string of the molecule is COC(=O)c1nn(-c2ncc(Cl)cc2Cl)nc1C. The van der Waals surface area contributed by atoms with Crippen LogP contribution in [-0.4, -0.2) is 33.1 Å². The summed E-state index contributed by atoms with van der Waals surface area (Å²) in [5, 5.41) is 8.73. The van der Waals surface area contributed by atoms with E-state index in [0.717, 1.165) is 0 Å². The lowest BCUT2D eigenvalue weighted by atomic mass is 10.3. The van der Waals surface area contributed by atoms with E-state index in [2.05, 4.69) is 19.9 Å². The number of rotatable bonds is 2. The zero-order valence-electron chi connectivity index (χ0n) is 9.52. The number of esters is 1. The standard InChI is InChI=1S/C10H8Cl2N4O2/c1-5-8(10(17)18-2)15-16(14-5)9-7(12)3-6(11)4-13-9/h3-4H,1-2H3. The predicted molar refractivity (Wildman–Crippen MR) is 65.3 cm³/mol. The molecular weight excluding hydrogens is 279 g/mol. The lowest BCUT2D eigenvalue weighted by Gasteiger charge is -2.01. The van der Waals surface area contributed by atoms with E-state index >= 15 is 0 Å². The fourth-order valence-corrected chi connectivity index (χ4v) is 1.77. The first-order valence-electron chi connectivity index (χ1n) is 4.86. The molecule has 2 heterocycles. The predicted octanol–water partition coefficient (Wildman–Crippen LogP) is 2.06. The van der Waals surface area contributed by atoms with E-state index in [9.17, 15) is 4.79 Å². The normalized spacial score (nSPS) is 10.4. The van der Waals surface area contributed by atoms with Gasteiger partial charge in [-0.3, -0.25) is 0 Å². The first-order valence-corrected chi connectivity index (χ1v) is 5.62. The van der Waals surface area contributed by atoms with Gasteiger partial charge in [0.15, 0.2) is 11.5 Å². The fourth-order valence-electron chi connectivity index (χ4n) is 1.31. The molecule has 8 heteroatoms. The number of aromatic nitrogens is 4. The van der Waals surface area contributed by atoms with Crippen molar-refractivity contribution >= 4 is 29.2 Å². The highest BCUT2D eigenvalue weighted by Gasteiger charge is 2.18. The van der Waals surface area contributed by atoms with E-state index < -0.39 is 5.97 Å². The second-order valence-corrected chi connectivity index (χ2v) is 4.22. The van der Waals surface area contributed by atoms with Crippen molar-refractivity contribution in [3.63, 3.8) is 0 Å². The zero-order chi connectivity index (χ0) is 13.3. The van der Waals surface area contributed by atoms with Crippen LogP contribution in [0, 0.1) is 6.92 Å².